The zero-order chi connectivity index (χ0) is 14.9. The molecule has 4 heteroatoms. The molecule has 21 heavy (non-hydrogen) atoms. The highest BCUT2D eigenvalue weighted by Crippen LogP contribution is 2.35. The van der Waals surface area contributed by atoms with Gasteiger partial charge in [-0.3, -0.25) is 0 Å². The van der Waals surface area contributed by atoms with Gasteiger partial charge in [-0.05, 0) is 49.2 Å². The van der Waals surface area contributed by atoms with Crippen LogP contribution in [0.5, 0.6) is 17.2 Å². The van der Waals surface area contributed by atoms with Gasteiger partial charge >= 0.3 is 0 Å². The third-order valence-corrected chi connectivity index (χ3v) is 3.74. The van der Waals surface area contributed by atoms with Gasteiger partial charge < -0.3 is 19.9 Å². The summed E-state index contributed by atoms with van der Waals surface area (Å²) in [5.41, 5.74) is 1.96. The van der Waals surface area contributed by atoms with E-state index in [-0.39, 0.29) is 18.1 Å². The number of ether oxygens (including phenoxy) is 2. The molecule has 1 aliphatic heterocycles. The van der Waals surface area contributed by atoms with Gasteiger partial charge in [0.2, 0.25) is 6.79 Å². The number of hydrogen-bond donors (Lipinski definition) is 2. The molecular formula is C17H19NO3. The van der Waals surface area contributed by atoms with Crippen molar-refractivity contribution in [1.82, 2.24) is 5.32 Å². The van der Waals surface area contributed by atoms with Crippen LogP contribution < -0.4 is 14.8 Å². The Morgan fingerprint density at radius 3 is 2.71 bits per heavy atom. The summed E-state index contributed by atoms with van der Waals surface area (Å²) in [5, 5.41) is 13.0. The molecule has 1 heterocycles. The molecule has 0 bridgehead atoms. The summed E-state index contributed by atoms with van der Waals surface area (Å²) in [6, 6.07) is 13.3. The summed E-state index contributed by atoms with van der Waals surface area (Å²) in [6.07, 6.45) is 0. The molecule has 3 rings (SSSR count). The second kappa shape index (κ2) is 5.30. The molecule has 0 spiro atoms. The molecule has 0 radical (unpaired) electrons. The maximum Gasteiger partial charge on any atom is 0.231 e. The van der Waals surface area contributed by atoms with Gasteiger partial charge in [0.15, 0.2) is 11.5 Å². The normalized spacial score (nSPS) is 13.4. The molecule has 0 unspecified atom stereocenters. The molecule has 4 nitrogen and oxygen atoms in total. The zero-order valence-electron chi connectivity index (χ0n) is 12.2. The summed E-state index contributed by atoms with van der Waals surface area (Å²) < 4.78 is 10.8. The Morgan fingerprint density at radius 2 is 1.90 bits per heavy atom. The first-order valence-electron chi connectivity index (χ1n) is 6.98. The lowest BCUT2D eigenvalue weighted by molar-refractivity contribution is 0.174. The van der Waals surface area contributed by atoms with Crippen LogP contribution in [0.1, 0.15) is 25.0 Å². The van der Waals surface area contributed by atoms with Crippen LogP contribution in [-0.2, 0) is 12.1 Å². The second-order valence-corrected chi connectivity index (χ2v) is 5.72. The molecule has 110 valence electrons. The molecule has 0 aliphatic carbocycles. The van der Waals surface area contributed by atoms with Crippen molar-refractivity contribution in [1.29, 1.82) is 0 Å². The number of rotatable bonds is 4. The molecule has 0 fully saturated rings. The molecule has 1 aliphatic rings. The topological polar surface area (TPSA) is 50.7 Å². The van der Waals surface area contributed by atoms with Gasteiger partial charge in [0.25, 0.3) is 0 Å². The number of nitrogens with one attached hydrogen (secondary N) is 1. The highest BCUT2D eigenvalue weighted by Gasteiger charge is 2.23. The number of benzene rings is 2. The van der Waals surface area contributed by atoms with Crippen LogP contribution in [-0.4, -0.2) is 11.9 Å². The number of fused-ring (bicyclic) bond motifs is 1. The highest BCUT2D eigenvalue weighted by atomic mass is 16.7. The van der Waals surface area contributed by atoms with E-state index in [1.165, 1.54) is 0 Å². The maximum absolute atomic E-state index is 9.51. The first-order valence-corrected chi connectivity index (χ1v) is 6.98. The van der Waals surface area contributed by atoms with Crippen molar-refractivity contribution in [3.05, 3.63) is 53.6 Å². The van der Waals surface area contributed by atoms with Crippen molar-refractivity contribution in [3.63, 3.8) is 0 Å². The van der Waals surface area contributed by atoms with Crippen molar-refractivity contribution >= 4 is 0 Å². The molecule has 0 saturated carbocycles. The van der Waals surface area contributed by atoms with E-state index >= 15 is 0 Å². The molecule has 0 saturated heterocycles. The molecule has 0 atom stereocenters. The number of hydrogen-bond acceptors (Lipinski definition) is 4. The van der Waals surface area contributed by atoms with E-state index in [1.54, 1.807) is 12.1 Å². The Kier molecular flexibility index (Phi) is 3.47. The van der Waals surface area contributed by atoms with E-state index < -0.39 is 0 Å². The van der Waals surface area contributed by atoms with Gasteiger partial charge in [-0.1, -0.05) is 18.2 Å². The Morgan fingerprint density at radius 1 is 1.10 bits per heavy atom. The fraction of sp³-hybridized carbons (Fsp3) is 0.294. The minimum atomic E-state index is -0.216. The van der Waals surface area contributed by atoms with Crippen LogP contribution in [0.25, 0.3) is 0 Å². The van der Waals surface area contributed by atoms with Crippen molar-refractivity contribution in [3.8, 4) is 17.2 Å². The smallest absolute Gasteiger partial charge is 0.231 e. The standard InChI is InChI=1S/C17H19NO3/c1-17(2,18-10-12-4-3-5-14(19)8-12)13-6-7-15-16(9-13)21-11-20-15/h3-9,18-19H,10-11H2,1-2H3. The van der Waals surface area contributed by atoms with Crippen molar-refractivity contribution < 1.29 is 14.6 Å². The molecular weight excluding hydrogens is 266 g/mol. The van der Waals surface area contributed by atoms with Gasteiger partial charge in [-0.2, -0.15) is 0 Å². The fourth-order valence-corrected chi connectivity index (χ4v) is 2.38. The Labute approximate surface area is 124 Å². The molecule has 2 N–H and O–H groups in total. The number of phenols is 1. The Hall–Kier alpha value is -2.20. The fourth-order valence-electron chi connectivity index (χ4n) is 2.38. The van der Waals surface area contributed by atoms with Crippen molar-refractivity contribution in [2.24, 2.45) is 0 Å². The minimum absolute atomic E-state index is 0.216. The predicted molar refractivity (Wildman–Crippen MR) is 80.5 cm³/mol. The van der Waals surface area contributed by atoms with Crippen molar-refractivity contribution in [2.75, 3.05) is 6.79 Å². The first-order chi connectivity index (χ1) is 10.0. The summed E-state index contributed by atoms with van der Waals surface area (Å²) in [5.74, 6) is 1.87. The summed E-state index contributed by atoms with van der Waals surface area (Å²) >= 11 is 0. The number of aromatic hydroxyl groups is 1. The number of phenolic OH excluding ortho intramolecular Hbond substituents is 1. The van der Waals surface area contributed by atoms with Gasteiger partial charge in [-0.15, -0.1) is 0 Å². The quantitative estimate of drug-likeness (QED) is 0.906. The van der Waals surface area contributed by atoms with Crippen LogP contribution in [0.4, 0.5) is 0 Å². The van der Waals surface area contributed by atoms with Gasteiger partial charge in [-0.25, -0.2) is 0 Å². The van der Waals surface area contributed by atoms with Crippen molar-refractivity contribution in [2.45, 2.75) is 25.9 Å². The van der Waals surface area contributed by atoms with Crippen LogP contribution >= 0.6 is 0 Å². The lowest BCUT2D eigenvalue weighted by Crippen LogP contribution is -2.35. The lowest BCUT2D eigenvalue weighted by Gasteiger charge is -2.27. The SMILES string of the molecule is CC(C)(NCc1cccc(O)c1)c1ccc2c(c1)OCO2. The van der Waals surface area contributed by atoms with Crippen LogP contribution in [0.15, 0.2) is 42.5 Å². The third kappa shape index (κ3) is 2.95. The summed E-state index contributed by atoms with van der Waals surface area (Å²) in [7, 11) is 0. The zero-order valence-corrected chi connectivity index (χ0v) is 12.2. The first kappa shape index (κ1) is 13.8. The van der Waals surface area contributed by atoms with E-state index in [4.69, 9.17) is 9.47 Å². The molecule has 2 aromatic rings. The van der Waals surface area contributed by atoms with Gasteiger partial charge in [0.05, 0.1) is 0 Å². The molecule has 0 amide bonds. The van der Waals surface area contributed by atoms with E-state index in [9.17, 15) is 5.11 Å². The highest BCUT2D eigenvalue weighted by molar-refractivity contribution is 5.46. The predicted octanol–water partition coefficient (Wildman–Crippen LogP) is 3.15. The average molecular weight is 285 g/mol. The Balaban J connectivity index is 1.74. The van der Waals surface area contributed by atoms with Crippen LogP contribution in [0.3, 0.4) is 0 Å². The monoisotopic (exact) mass is 285 g/mol. The summed E-state index contributed by atoms with van der Waals surface area (Å²) in [6.45, 7) is 5.20. The van der Waals surface area contributed by atoms with E-state index in [0.29, 0.717) is 6.54 Å². The van der Waals surface area contributed by atoms with Crippen LogP contribution in [0, 0.1) is 0 Å². The van der Waals surface area contributed by atoms with E-state index in [0.717, 1.165) is 22.6 Å². The van der Waals surface area contributed by atoms with E-state index in [1.807, 2.05) is 30.3 Å². The van der Waals surface area contributed by atoms with Crippen LogP contribution in [0.2, 0.25) is 0 Å². The Bertz CT molecular complexity index is 652. The lowest BCUT2D eigenvalue weighted by atomic mass is 9.93. The molecule has 2 aromatic carbocycles. The second-order valence-electron chi connectivity index (χ2n) is 5.72. The maximum atomic E-state index is 9.51. The van der Waals surface area contributed by atoms with Gasteiger partial charge in [0, 0.05) is 12.1 Å². The average Bonchev–Trinajstić information content (AvgIpc) is 2.93. The summed E-state index contributed by atoms with van der Waals surface area (Å²) in [4.78, 5) is 0. The van der Waals surface area contributed by atoms with Gasteiger partial charge in [0.1, 0.15) is 5.75 Å². The van der Waals surface area contributed by atoms with E-state index in [2.05, 4.69) is 19.2 Å². The molecule has 0 aromatic heterocycles. The third-order valence-electron chi connectivity index (χ3n) is 3.74. The largest absolute Gasteiger partial charge is 0.508 e. The minimum Gasteiger partial charge on any atom is -0.508 e.